The number of hydrogen-bond acceptors (Lipinski definition) is 7. The lowest BCUT2D eigenvalue weighted by Crippen LogP contribution is -2.12. The number of amides is 1. The third-order valence-corrected chi connectivity index (χ3v) is 5.86. The number of aryl methyl sites for hydroxylation is 1. The van der Waals surface area contributed by atoms with Gasteiger partial charge in [-0.05, 0) is 29.1 Å². The quantitative estimate of drug-likeness (QED) is 0.442. The molecule has 0 bridgehead atoms. The average molecular weight is 431 g/mol. The van der Waals surface area contributed by atoms with Crippen LogP contribution in [-0.4, -0.2) is 21.0 Å². The second-order valence-corrected chi connectivity index (χ2v) is 8.47. The minimum absolute atomic E-state index is 0.139. The van der Waals surface area contributed by atoms with Gasteiger partial charge in [-0.2, -0.15) is 4.98 Å². The Balaban J connectivity index is 1.29. The van der Waals surface area contributed by atoms with E-state index in [-0.39, 0.29) is 12.3 Å². The van der Waals surface area contributed by atoms with Gasteiger partial charge in [0.1, 0.15) is 0 Å². The highest BCUT2D eigenvalue weighted by Crippen LogP contribution is 2.23. The van der Waals surface area contributed by atoms with E-state index >= 15 is 0 Å². The lowest BCUT2D eigenvalue weighted by atomic mass is 10.1. The van der Waals surface area contributed by atoms with E-state index in [0.29, 0.717) is 28.3 Å². The molecule has 1 aromatic carbocycles. The minimum atomic E-state index is -0.139. The predicted molar refractivity (Wildman–Crippen MR) is 111 cm³/mol. The molecule has 4 aromatic rings. The fourth-order valence-electron chi connectivity index (χ4n) is 2.56. The van der Waals surface area contributed by atoms with E-state index in [2.05, 4.69) is 20.4 Å². The third kappa shape index (κ3) is 4.83. The second-order valence-electron chi connectivity index (χ2n) is 5.98. The molecule has 0 radical (unpaired) electrons. The highest BCUT2D eigenvalue weighted by atomic mass is 35.5. The lowest BCUT2D eigenvalue weighted by molar-refractivity contribution is -0.116. The zero-order chi connectivity index (χ0) is 19.3. The number of thiazole rings is 1. The van der Waals surface area contributed by atoms with Gasteiger partial charge in [-0.15, -0.1) is 22.7 Å². The maximum Gasteiger partial charge on any atom is 0.227 e. The maximum absolute atomic E-state index is 12.2. The molecular formula is C19H15ClN4O2S2. The molecule has 0 unspecified atom stereocenters. The highest BCUT2D eigenvalue weighted by Gasteiger charge is 2.12. The van der Waals surface area contributed by atoms with Gasteiger partial charge in [0.15, 0.2) is 5.13 Å². The molecule has 0 aliphatic rings. The number of aromatic nitrogens is 3. The number of rotatable bonds is 7. The van der Waals surface area contributed by atoms with Crippen LogP contribution in [0.2, 0.25) is 5.02 Å². The van der Waals surface area contributed by atoms with E-state index in [4.69, 9.17) is 16.1 Å². The standard InChI is InChI=1S/C19H15ClN4O2S2/c20-13-4-1-3-12(9-13)10-14-11-21-19(28-14)22-16(25)6-7-17-23-18(24-26-17)15-5-2-8-27-15/h1-5,8-9,11H,6-7,10H2,(H,21,22,25). The zero-order valence-corrected chi connectivity index (χ0v) is 17.0. The van der Waals surface area contributed by atoms with Crippen LogP contribution >= 0.6 is 34.3 Å². The molecule has 0 atom stereocenters. The van der Waals surface area contributed by atoms with Gasteiger partial charge in [0.05, 0.1) is 4.88 Å². The van der Waals surface area contributed by atoms with E-state index in [1.807, 2.05) is 41.8 Å². The number of thiophene rings is 1. The van der Waals surface area contributed by atoms with Gasteiger partial charge in [-0.3, -0.25) is 4.79 Å². The minimum Gasteiger partial charge on any atom is -0.339 e. The van der Waals surface area contributed by atoms with Gasteiger partial charge < -0.3 is 9.84 Å². The van der Waals surface area contributed by atoms with Crippen LogP contribution in [0.3, 0.4) is 0 Å². The number of hydrogen-bond donors (Lipinski definition) is 1. The average Bonchev–Trinajstić information content (AvgIpc) is 3.42. The number of nitrogens with one attached hydrogen (secondary N) is 1. The summed E-state index contributed by atoms with van der Waals surface area (Å²) in [5.41, 5.74) is 1.10. The van der Waals surface area contributed by atoms with Crippen LogP contribution in [0.25, 0.3) is 10.7 Å². The van der Waals surface area contributed by atoms with Crippen molar-refractivity contribution in [1.82, 2.24) is 15.1 Å². The van der Waals surface area contributed by atoms with Crippen molar-refractivity contribution in [2.45, 2.75) is 19.3 Å². The number of carbonyl (C=O) groups excluding carboxylic acids is 1. The highest BCUT2D eigenvalue weighted by molar-refractivity contribution is 7.15. The van der Waals surface area contributed by atoms with E-state index in [1.54, 1.807) is 17.5 Å². The molecule has 0 aliphatic carbocycles. The van der Waals surface area contributed by atoms with Crippen LogP contribution in [0.5, 0.6) is 0 Å². The van der Waals surface area contributed by atoms with Gasteiger partial charge in [-0.25, -0.2) is 4.98 Å². The summed E-state index contributed by atoms with van der Waals surface area (Å²) in [5.74, 6) is 0.856. The Morgan fingerprint density at radius 2 is 2.18 bits per heavy atom. The first-order valence-corrected chi connectivity index (χ1v) is 10.6. The molecule has 0 aliphatic heterocycles. The van der Waals surface area contributed by atoms with E-state index in [0.717, 1.165) is 21.7 Å². The monoisotopic (exact) mass is 430 g/mol. The predicted octanol–water partition coefficient (Wildman–Crippen LogP) is 5.07. The molecule has 6 nitrogen and oxygen atoms in total. The normalized spacial score (nSPS) is 10.9. The first-order valence-electron chi connectivity index (χ1n) is 8.51. The molecule has 0 spiro atoms. The number of benzene rings is 1. The van der Waals surface area contributed by atoms with Crippen LogP contribution in [-0.2, 0) is 17.6 Å². The third-order valence-electron chi connectivity index (χ3n) is 3.84. The van der Waals surface area contributed by atoms with Crippen molar-refractivity contribution in [3.05, 3.63) is 69.3 Å². The zero-order valence-electron chi connectivity index (χ0n) is 14.6. The van der Waals surface area contributed by atoms with Crippen LogP contribution in [0, 0.1) is 0 Å². The summed E-state index contributed by atoms with van der Waals surface area (Å²) < 4.78 is 5.21. The summed E-state index contributed by atoms with van der Waals surface area (Å²) in [4.78, 5) is 22.8. The van der Waals surface area contributed by atoms with Crippen molar-refractivity contribution in [2.24, 2.45) is 0 Å². The lowest BCUT2D eigenvalue weighted by Gasteiger charge is -2.00. The Morgan fingerprint density at radius 1 is 1.25 bits per heavy atom. The molecule has 4 rings (SSSR count). The van der Waals surface area contributed by atoms with E-state index in [9.17, 15) is 4.79 Å². The molecule has 1 amide bonds. The van der Waals surface area contributed by atoms with Crippen molar-refractivity contribution >= 4 is 45.3 Å². The summed E-state index contributed by atoms with van der Waals surface area (Å²) in [6.45, 7) is 0. The maximum atomic E-state index is 12.2. The smallest absolute Gasteiger partial charge is 0.227 e. The van der Waals surface area contributed by atoms with E-state index < -0.39 is 0 Å². The molecule has 0 saturated heterocycles. The summed E-state index contributed by atoms with van der Waals surface area (Å²) in [6, 6.07) is 11.6. The molecular weight excluding hydrogens is 416 g/mol. The number of anilines is 1. The molecule has 0 saturated carbocycles. The largest absolute Gasteiger partial charge is 0.339 e. The SMILES string of the molecule is O=C(CCc1nc(-c2cccs2)no1)Nc1ncc(Cc2cccc(Cl)c2)s1. The Kier molecular flexibility index (Phi) is 5.80. The van der Waals surface area contributed by atoms with Crippen molar-refractivity contribution in [1.29, 1.82) is 0 Å². The molecule has 3 aromatic heterocycles. The summed E-state index contributed by atoms with van der Waals surface area (Å²) >= 11 is 9.01. The van der Waals surface area contributed by atoms with Gasteiger partial charge in [-0.1, -0.05) is 35.0 Å². The van der Waals surface area contributed by atoms with Crippen LogP contribution in [0.4, 0.5) is 5.13 Å². The topological polar surface area (TPSA) is 80.9 Å². The molecule has 1 N–H and O–H groups in total. The Hall–Kier alpha value is -2.55. The van der Waals surface area contributed by atoms with Crippen molar-refractivity contribution in [3.63, 3.8) is 0 Å². The molecule has 28 heavy (non-hydrogen) atoms. The fourth-order valence-corrected chi connectivity index (χ4v) is 4.28. The van der Waals surface area contributed by atoms with Gasteiger partial charge in [0.25, 0.3) is 0 Å². The van der Waals surface area contributed by atoms with Crippen molar-refractivity contribution in [2.75, 3.05) is 5.32 Å². The Bertz CT molecular complexity index is 1080. The van der Waals surface area contributed by atoms with Crippen molar-refractivity contribution in [3.8, 4) is 10.7 Å². The Labute approximate surface area is 174 Å². The number of halogens is 1. The fraction of sp³-hybridized carbons (Fsp3) is 0.158. The van der Waals surface area contributed by atoms with Crippen LogP contribution in [0.15, 0.2) is 52.5 Å². The van der Waals surface area contributed by atoms with Gasteiger partial charge in [0.2, 0.25) is 17.6 Å². The Morgan fingerprint density at radius 3 is 3.00 bits per heavy atom. The summed E-state index contributed by atoms with van der Waals surface area (Å²) in [5, 5.41) is 10.00. The van der Waals surface area contributed by atoms with Crippen LogP contribution in [0.1, 0.15) is 22.8 Å². The molecule has 3 heterocycles. The molecule has 0 fully saturated rings. The number of nitrogens with zero attached hydrogens (tertiary/aromatic N) is 3. The second kappa shape index (κ2) is 8.64. The molecule has 142 valence electrons. The molecule has 9 heteroatoms. The summed E-state index contributed by atoms with van der Waals surface area (Å²) in [6.07, 6.45) is 3.12. The van der Waals surface area contributed by atoms with Crippen molar-refractivity contribution < 1.29 is 9.32 Å². The van der Waals surface area contributed by atoms with E-state index in [1.165, 1.54) is 11.3 Å². The number of carbonyl (C=O) groups is 1. The van der Waals surface area contributed by atoms with Gasteiger partial charge in [0, 0.05) is 35.4 Å². The first kappa shape index (κ1) is 18.8. The summed E-state index contributed by atoms with van der Waals surface area (Å²) in [7, 11) is 0. The first-order chi connectivity index (χ1) is 13.7. The van der Waals surface area contributed by atoms with Gasteiger partial charge >= 0.3 is 0 Å². The van der Waals surface area contributed by atoms with Crippen LogP contribution < -0.4 is 5.32 Å².